The summed E-state index contributed by atoms with van der Waals surface area (Å²) in [5.74, 6) is 0.297. The Bertz CT molecular complexity index is 883. The van der Waals surface area contributed by atoms with Gasteiger partial charge in [0.15, 0.2) is 0 Å². The lowest BCUT2D eigenvalue weighted by molar-refractivity contribution is 0.0526. The molecule has 0 amide bonds. The highest BCUT2D eigenvalue weighted by Crippen LogP contribution is 2.18. The summed E-state index contributed by atoms with van der Waals surface area (Å²) in [4.78, 5) is 20.2. The second-order valence-corrected chi connectivity index (χ2v) is 5.32. The Morgan fingerprint density at radius 3 is 2.35 bits per heavy atom. The lowest BCUT2D eigenvalue weighted by Crippen LogP contribution is -2.04. The number of benzene rings is 2. The summed E-state index contributed by atoms with van der Waals surface area (Å²) in [6.07, 6.45) is 1.61. The number of anilines is 4. The van der Waals surface area contributed by atoms with E-state index < -0.39 is 0 Å². The molecule has 0 aliphatic carbocycles. The van der Waals surface area contributed by atoms with E-state index in [1.165, 1.54) is 12.1 Å². The van der Waals surface area contributed by atoms with Crippen LogP contribution < -0.4 is 10.6 Å². The quantitative estimate of drug-likeness (QED) is 0.645. The molecule has 6 nitrogen and oxygen atoms in total. The molecule has 7 heteroatoms. The number of hydrogen-bond donors (Lipinski definition) is 2. The van der Waals surface area contributed by atoms with Gasteiger partial charge in [-0.15, -0.1) is 0 Å². The van der Waals surface area contributed by atoms with Crippen molar-refractivity contribution in [2.45, 2.75) is 6.92 Å². The lowest BCUT2D eigenvalue weighted by atomic mass is 10.2. The maximum absolute atomic E-state index is 13.0. The van der Waals surface area contributed by atoms with Crippen molar-refractivity contribution in [2.24, 2.45) is 0 Å². The fourth-order valence-corrected chi connectivity index (χ4v) is 2.20. The van der Waals surface area contributed by atoms with Crippen molar-refractivity contribution >= 4 is 29.1 Å². The Hall–Kier alpha value is -3.48. The number of esters is 1. The van der Waals surface area contributed by atoms with Crippen LogP contribution in [0.15, 0.2) is 60.8 Å². The number of rotatable bonds is 6. The fraction of sp³-hybridized carbons (Fsp3) is 0.105. The van der Waals surface area contributed by atoms with Gasteiger partial charge in [0.25, 0.3) is 0 Å². The van der Waals surface area contributed by atoms with Crippen molar-refractivity contribution in [1.29, 1.82) is 0 Å². The monoisotopic (exact) mass is 352 g/mol. The maximum Gasteiger partial charge on any atom is 0.338 e. The molecule has 132 valence electrons. The third-order valence-electron chi connectivity index (χ3n) is 3.42. The Morgan fingerprint density at radius 2 is 1.65 bits per heavy atom. The molecule has 0 aliphatic rings. The summed E-state index contributed by atoms with van der Waals surface area (Å²) in [7, 11) is 0. The predicted octanol–water partition coefficient (Wildman–Crippen LogP) is 4.28. The molecule has 0 radical (unpaired) electrons. The minimum atomic E-state index is -0.360. The molecule has 0 unspecified atom stereocenters. The number of carbonyl (C=O) groups excluding carboxylic acids is 1. The molecule has 1 aromatic heterocycles. The van der Waals surface area contributed by atoms with Crippen LogP contribution in [0.25, 0.3) is 0 Å². The molecule has 1 heterocycles. The molecule has 3 aromatic rings. The van der Waals surface area contributed by atoms with Crippen molar-refractivity contribution in [3.05, 3.63) is 72.2 Å². The SMILES string of the molecule is CCOC(=O)c1ccc(Nc2nccc(Nc3ccc(F)cc3)n2)cc1. The highest BCUT2D eigenvalue weighted by molar-refractivity contribution is 5.89. The lowest BCUT2D eigenvalue weighted by Gasteiger charge is -2.09. The number of nitrogens with one attached hydrogen (secondary N) is 2. The zero-order valence-corrected chi connectivity index (χ0v) is 14.1. The van der Waals surface area contributed by atoms with Gasteiger partial charge in [-0.2, -0.15) is 4.98 Å². The number of nitrogens with zero attached hydrogens (tertiary/aromatic N) is 2. The van der Waals surface area contributed by atoms with Crippen molar-refractivity contribution in [1.82, 2.24) is 9.97 Å². The van der Waals surface area contributed by atoms with Crippen LogP contribution in [0.2, 0.25) is 0 Å². The third-order valence-corrected chi connectivity index (χ3v) is 3.42. The Morgan fingerprint density at radius 1 is 1.00 bits per heavy atom. The minimum absolute atomic E-state index is 0.299. The summed E-state index contributed by atoms with van der Waals surface area (Å²) < 4.78 is 17.9. The summed E-state index contributed by atoms with van der Waals surface area (Å²) in [5.41, 5.74) is 1.93. The zero-order valence-electron chi connectivity index (χ0n) is 14.1. The van der Waals surface area contributed by atoms with Crippen molar-refractivity contribution in [3.8, 4) is 0 Å². The Balaban J connectivity index is 1.68. The summed E-state index contributed by atoms with van der Waals surface area (Å²) in [6.45, 7) is 2.10. The highest BCUT2D eigenvalue weighted by atomic mass is 19.1. The van der Waals surface area contributed by atoms with Crippen LogP contribution in [-0.2, 0) is 4.74 Å². The van der Waals surface area contributed by atoms with Gasteiger partial charge < -0.3 is 15.4 Å². The molecule has 0 saturated heterocycles. The molecule has 26 heavy (non-hydrogen) atoms. The number of carbonyl (C=O) groups is 1. The smallest absolute Gasteiger partial charge is 0.338 e. The molecule has 0 bridgehead atoms. The van der Waals surface area contributed by atoms with E-state index in [9.17, 15) is 9.18 Å². The van der Waals surface area contributed by atoms with Gasteiger partial charge in [-0.05, 0) is 61.5 Å². The van der Waals surface area contributed by atoms with Gasteiger partial charge in [0.05, 0.1) is 12.2 Å². The zero-order chi connectivity index (χ0) is 18.4. The van der Waals surface area contributed by atoms with Gasteiger partial charge in [0.1, 0.15) is 11.6 Å². The maximum atomic E-state index is 13.0. The summed E-state index contributed by atoms with van der Waals surface area (Å²) >= 11 is 0. The first kappa shape index (κ1) is 17.3. The molecule has 3 rings (SSSR count). The van der Waals surface area contributed by atoms with E-state index in [-0.39, 0.29) is 11.8 Å². The highest BCUT2D eigenvalue weighted by Gasteiger charge is 2.06. The van der Waals surface area contributed by atoms with Crippen LogP contribution in [-0.4, -0.2) is 22.5 Å². The molecule has 2 N–H and O–H groups in total. The Labute approximate surface area is 150 Å². The average Bonchev–Trinajstić information content (AvgIpc) is 2.65. The number of aromatic nitrogens is 2. The van der Waals surface area contributed by atoms with E-state index in [1.807, 2.05) is 0 Å². The number of halogens is 1. The molecule has 0 aliphatic heterocycles. The second-order valence-electron chi connectivity index (χ2n) is 5.32. The molecular formula is C19H17FN4O2. The molecule has 0 spiro atoms. The molecule has 0 saturated carbocycles. The van der Waals surface area contributed by atoms with Crippen LogP contribution in [0, 0.1) is 5.82 Å². The van der Waals surface area contributed by atoms with Gasteiger partial charge in [-0.3, -0.25) is 0 Å². The largest absolute Gasteiger partial charge is 0.462 e. The van der Waals surface area contributed by atoms with Gasteiger partial charge in [-0.25, -0.2) is 14.2 Å². The van der Waals surface area contributed by atoms with Crippen LogP contribution >= 0.6 is 0 Å². The molecule has 2 aromatic carbocycles. The van der Waals surface area contributed by atoms with Gasteiger partial charge in [0.2, 0.25) is 5.95 Å². The van der Waals surface area contributed by atoms with Gasteiger partial charge >= 0.3 is 5.97 Å². The third kappa shape index (κ3) is 4.54. The molecular weight excluding hydrogens is 335 g/mol. The van der Waals surface area contributed by atoms with E-state index in [4.69, 9.17) is 4.74 Å². The number of ether oxygens (including phenoxy) is 1. The fourth-order valence-electron chi connectivity index (χ4n) is 2.20. The van der Waals surface area contributed by atoms with Crippen LogP contribution in [0.4, 0.5) is 27.5 Å². The van der Waals surface area contributed by atoms with E-state index >= 15 is 0 Å². The van der Waals surface area contributed by atoms with Gasteiger partial charge in [-0.1, -0.05) is 0 Å². The standard InChI is InChI=1S/C19H17FN4O2/c1-2-26-18(25)13-3-7-16(8-4-13)23-19-21-12-11-17(24-19)22-15-9-5-14(20)6-10-15/h3-12H,2H2,1H3,(H2,21,22,23,24). The van der Waals surface area contributed by atoms with Crippen LogP contribution in [0.1, 0.15) is 17.3 Å². The second kappa shape index (κ2) is 8.06. The van der Waals surface area contributed by atoms with E-state index in [2.05, 4.69) is 20.6 Å². The molecule has 0 fully saturated rings. The van der Waals surface area contributed by atoms with E-state index in [0.29, 0.717) is 23.9 Å². The summed E-state index contributed by atoms with van der Waals surface area (Å²) in [5, 5.41) is 6.14. The molecule has 0 atom stereocenters. The van der Waals surface area contributed by atoms with E-state index in [0.717, 1.165) is 11.4 Å². The predicted molar refractivity (Wildman–Crippen MR) is 97.4 cm³/mol. The average molecular weight is 352 g/mol. The van der Waals surface area contributed by atoms with Crippen molar-refractivity contribution in [3.63, 3.8) is 0 Å². The first-order valence-corrected chi connectivity index (χ1v) is 8.04. The Kier molecular flexibility index (Phi) is 5.38. The number of hydrogen-bond acceptors (Lipinski definition) is 6. The van der Waals surface area contributed by atoms with E-state index in [1.54, 1.807) is 55.6 Å². The normalized spacial score (nSPS) is 10.2. The van der Waals surface area contributed by atoms with Crippen LogP contribution in [0.5, 0.6) is 0 Å². The summed E-state index contributed by atoms with van der Waals surface area (Å²) in [6, 6.07) is 14.5. The first-order chi connectivity index (χ1) is 12.6. The van der Waals surface area contributed by atoms with Crippen LogP contribution in [0.3, 0.4) is 0 Å². The van der Waals surface area contributed by atoms with Crippen molar-refractivity contribution < 1.29 is 13.9 Å². The van der Waals surface area contributed by atoms with Gasteiger partial charge in [0, 0.05) is 17.6 Å². The first-order valence-electron chi connectivity index (χ1n) is 8.04. The minimum Gasteiger partial charge on any atom is -0.462 e. The topological polar surface area (TPSA) is 76.1 Å². The van der Waals surface area contributed by atoms with Crippen molar-refractivity contribution in [2.75, 3.05) is 17.2 Å².